The van der Waals surface area contributed by atoms with Crippen LogP contribution in [0.2, 0.25) is 0 Å². The summed E-state index contributed by atoms with van der Waals surface area (Å²) in [5.41, 5.74) is 2.35. The molecule has 1 atom stereocenters. The Kier molecular flexibility index (Phi) is 4.40. The Labute approximate surface area is 149 Å². The van der Waals surface area contributed by atoms with Gasteiger partial charge >= 0.3 is 6.03 Å². The SMILES string of the molecule is CCC1CCC2(CCC(NC(=O)Nc3c[nH]c4ccncc34)CC2)C1. The smallest absolute Gasteiger partial charge is 0.319 e. The second-order valence-corrected chi connectivity index (χ2v) is 8.01. The summed E-state index contributed by atoms with van der Waals surface area (Å²) in [6, 6.07) is 2.10. The van der Waals surface area contributed by atoms with Gasteiger partial charge in [0, 0.05) is 30.0 Å². The highest BCUT2D eigenvalue weighted by molar-refractivity contribution is 6.00. The summed E-state index contributed by atoms with van der Waals surface area (Å²) in [6.45, 7) is 2.32. The molecule has 3 N–H and O–H groups in total. The minimum atomic E-state index is -0.108. The van der Waals surface area contributed by atoms with E-state index < -0.39 is 0 Å². The van der Waals surface area contributed by atoms with E-state index in [4.69, 9.17) is 0 Å². The molecule has 4 rings (SSSR count). The van der Waals surface area contributed by atoms with Crippen molar-refractivity contribution in [3.63, 3.8) is 0 Å². The quantitative estimate of drug-likeness (QED) is 0.749. The first-order valence-electron chi connectivity index (χ1n) is 9.66. The molecule has 2 fully saturated rings. The number of carbonyl (C=O) groups excluding carboxylic acids is 1. The van der Waals surface area contributed by atoms with Crippen LogP contribution >= 0.6 is 0 Å². The van der Waals surface area contributed by atoms with Crippen LogP contribution in [0.25, 0.3) is 10.9 Å². The van der Waals surface area contributed by atoms with Gasteiger partial charge in [-0.2, -0.15) is 0 Å². The average Bonchev–Trinajstić information content (AvgIpc) is 3.22. The lowest BCUT2D eigenvalue weighted by Crippen LogP contribution is -2.42. The van der Waals surface area contributed by atoms with E-state index in [0.717, 1.165) is 35.3 Å². The van der Waals surface area contributed by atoms with E-state index in [2.05, 4.69) is 27.5 Å². The number of hydrogen-bond acceptors (Lipinski definition) is 2. The second kappa shape index (κ2) is 6.70. The zero-order chi connectivity index (χ0) is 17.3. The molecule has 2 amide bonds. The van der Waals surface area contributed by atoms with Crippen molar-refractivity contribution in [2.45, 2.75) is 64.3 Å². The molecule has 0 bridgehead atoms. The molecular formula is C20H28N4O. The van der Waals surface area contributed by atoms with Gasteiger partial charge in [0.1, 0.15) is 0 Å². The highest BCUT2D eigenvalue weighted by atomic mass is 16.2. The molecule has 2 saturated carbocycles. The van der Waals surface area contributed by atoms with Gasteiger partial charge in [-0.25, -0.2) is 4.79 Å². The molecule has 0 aromatic carbocycles. The van der Waals surface area contributed by atoms with E-state index in [-0.39, 0.29) is 6.03 Å². The van der Waals surface area contributed by atoms with Crippen molar-refractivity contribution in [3.8, 4) is 0 Å². The lowest BCUT2D eigenvalue weighted by atomic mass is 9.71. The second-order valence-electron chi connectivity index (χ2n) is 8.01. The molecule has 2 aliphatic rings. The molecule has 5 heteroatoms. The Hall–Kier alpha value is -2.04. The summed E-state index contributed by atoms with van der Waals surface area (Å²) in [5.74, 6) is 0.934. The van der Waals surface area contributed by atoms with Gasteiger partial charge in [0.2, 0.25) is 0 Å². The third-order valence-electron chi connectivity index (χ3n) is 6.49. The number of nitrogens with one attached hydrogen (secondary N) is 3. The zero-order valence-electron chi connectivity index (χ0n) is 15.0. The highest BCUT2D eigenvalue weighted by Gasteiger charge is 2.41. The first-order valence-corrected chi connectivity index (χ1v) is 9.66. The minimum absolute atomic E-state index is 0.108. The van der Waals surface area contributed by atoms with E-state index >= 15 is 0 Å². The maximum Gasteiger partial charge on any atom is 0.319 e. The standard InChI is InChI=1S/C20H28N4O/c1-2-14-3-7-20(11-14)8-4-15(5-9-20)23-19(25)24-18-13-22-17-6-10-21-12-16(17)18/h6,10,12-15,22H,2-5,7-9,11H2,1H3,(H2,23,24,25). The van der Waals surface area contributed by atoms with Crippen LogP contribution in [0, 0.1) is 11.3 Å². The molecular weight excluding hydrogens is 312 g/mol. The van der Waals surface area contributed by atoms with E-state index in [9.17, 15) is 4.79 Å². The predicted octanol–water partition coefficient (Wildman–Crippen LogP) is 4.82. The van der Waals surface area contributed by atoms with E-state index in [1.807, 2.05) is 12.3 Å². The monoisotopic (exact) mass is 340 g/mol. The van der Waals surface area contributed by atoms with Gasteiger partial charge < -0.3 is 15.6 Å². The van der Waals surface area contributed by atoms with Gasteiger partial charge in [-0.1, -0.05) is 13.3 Å². The third-order valence-corrected chi connectivity index (χ3v) is 6.49. The van der Waals surface area contributed by atoms with Crippen LogP contribution in [0.15, 0.2) is 24.7 Å². The van der Waals surface area contributed by atoms with Gasteiger partial charge in [0.05, 0.1) is 11.2 Å². The first-order chi connectivity index (χ1) is 12.2. The average molecular weight is 340 g/mol. The van der Waals surface area contributed by atoms with Crippen molar-refractivity contribution in [1.82, 2.24) is 15.3 Å². The molecule has 0 radical (unpaired) electrons. The minimum Gasteiger partial charge on any atom is -0.359 e. The van der Waals surface area contributed by atoms with Crippen molar-refractivity contribution in [2.24, 2.45) is 11.3 Å². The number of pyridine rings is 1. The summed E-state index contributed by atoms with van der Waals surface area (Å²) in [5, 5.41) is 7.08. The fourth-order valence-corrected chi connectivity index (χ4v) is 4.91. The summed E-state index contributed by atoms with van der Waals surface area (Å²) in [6.07, 6.45) is 15.6. The maximum atomic E-state index is 12.4. The fraction of sp³-hybridized carbons (Fsp3) is 0.600. The van der Waals surface area contributed by atoms with Crippen LogP contribution in [0.4, 0.5) is 10.5 Å². The molecule has 2 aromatic rings. The topological polar surface area (TPSA) is 69.8 Å². The summed E-state index contributed by atoms with van der Waals surface area (Å²) in [7, 11) is 0. The van der Waals surface area contributed by atoms with Crippen LogP contribution < -0.4 is 10.6 Å². The van der Waals surface area contributed by atoms with Gasteiger partial charge in [-0.05, 0) is 62.3 Å². The van der Waals surface area contributed by atoms with E-state index in [1.54, 1.807) is 12.4 Å². The Morgan fingerprint density at radius 3 is 2.88 bits per heavy atom. The van der Waals surface area contributed by atoms with E-state index in [0.29, 0.717) is 11.5 Å². The molecule has 1 spiro atoms. The number of aromatic nitrogens is 2. The van der Waals surface area contributed by atoms with E-state index in [1.165, 1.54) is 38.5 Å². The van der Waals surface area contributed by atoms with Gasteiger partial charge in [0.15, 0.2) is 0 Å². The van der Waals surface area contributed by atoms with Gasteiger partial charge in [0.25, 0.3) is 0 Å². The fourth-order valence-electron chi connectivity index (χ4n) is 4.91. The first kappa shape index (κ1) is 16.4. The van der Waals surface area contributed by atoms with Crippen molar-refractivity contribution in [2.75, 3.05) is 5.32 Å². The van der Waals surface area contributed by atoms with Gasteiger partial charge in [-0.3, -0.25) is 4.98 Å². The largest absolute Gasteiger partial charge is 0.359 e. The molecule has 1 unspecified atom stereocenters. The van der Waals surface area contributed by atoms with Crippen molar-refractivity contribution in [3.05, 3.63) is 24.7 Å². The molecule has 25 heavy (non-hydrogen) atoms. The van der Waals surface area contributed by atoms with Crippen molar-refractivity contribution < 1.29 is 4.79 Å². The number of amides is 2. The molecule has 0 saturated heterocycles. The number of fused-ring (bicyclic) bond motifs is 1. The Bertz CT molecular complexity index is 745. The highest BCUT2D eigenvalue weighted by Crippen LogP contribution is 2.51. The lowest BCUT2D eigenvalue weighted by Gasteiger charge is -2.37. The van der Waals surface area contributed by atoms with Crippen LogP contribution in [0.5, 0.6) is 0 Å². The number of rotatable bonds is 3. The number of hydrogen-bond donors (Lipinski definition) is 3. The maximum absolute atomic E-state index is 12.4. The lowest BCUT2D eigenvalue weighted by molar-refractivity contribution is 0.163. The molecule has 2 aliphatic carbocycles. The third kappa shape index (κ3) is 3.37. The number of aromatic amines is 1. The van der Waals surface area contributed by atoms with Crippen LogP contribution in [-0.4, -0.2) is 22.0 Å². The number of anilines is 1. The zero-order valence-corrected chi connectivity index (χ0v) is 15.0. The Morgan fingerprint density at radius 1 is 1.32 bits per heavy atom. The van der Waals surface area contributed by atoms with Crippen LogP contribution in [0.1, 0.15) is 58.3 Å². The van der Waals surface area contributed by atoms with Crippen LogP contribution in [-0.2, 0) is 0 Å². The molecule has 2 aromatic heterocycles. The van der Waals surface area contributed by atoms with Crippen molar-refractivity contribution >= 4 is 22.6 Å². The van der Waals surface area contributed by atoms with Crippen LogP contribution in [0.3, 0.4) is 0 Å². The number of carbonyl (C=O) groups is 1. The number of H-pyrrole nitrogens is 1. The Balaban J connectivity index is 1.31. The summed E-state index contributed by atoms with van der Waals surface area (Å²) >= 11 is 0. The summed E-state index contributed by atoms with van der Waals surface area (Å²) < 4.78 is 0. The van der Waals surface area contributed by atoms with Gasteiger partial charge in [-0.15, -0.1) is 0 Å². The molecule has 5 nitrogen and oxygen atoms in total. The Morgan fingerprint density at radius 2 is 2.12 bits per heavy atom. The number of nitrogens with zero attached hydrogens (tertiary/aromatic N) is 1. The molecule has 2 heterocycles. The normalized spacial score (nSPS) is 29.2. The number of urea groups is 1. The summed E-state index contributed by atoms with van der Waals surface area (Å²) in [4.78, 5) is 19.7. The molecule has 134 valence electrons. The van der Waals surface area contributed by atoms with Crippen molar-refractivity contribution in [1.29, 1.82) is 0 Å². The molecule has 0 aliphatic heterocycles. The predicted molar refractivity (Wildman–Crippen MR) is 101 cm³/mol.